The molecule has 1 saturated heterocycles. The molecule has 1 heterocycles. The van der Waals surface area contributed by atoms with E-state index in [0.717, 1.165) is 38.6 Å². The number of nitrogens with zero attached hydrogens (tertiary/aromatic N) is 1. The number of nitrogen functional groups attached to an aromatic ring is 1. The fourth-order valence-electron chi connectivity index (χ4n) is 7.42. The molecule has 1 aliphatic rings. The maximum Gasteiger partial charge on any atom is 0.475 e. The quantitative estimate of drug-likeness (QED) is 0.0647. The van der Waals surface area contributed by atoms with Crippen LogP contribution in [-0.2, 0) is 30.4 Å². The summed E-state index contributed by atoms with van der Waals surface area (Å²) in [5.74, 6) is -3.32. The monoisotopic (exact) mass is 790 g/mol. The molecule has 14 heteroatoms. The number of rotatable bonds is 16. The number of hydrogen-bond acceptors (Lipinski definition) is 8. The lowest BCUT2D eigenvalue weighted by molar-refractivity contribution is -0.141. The lowest BCUT2D eigenvalue weighted by Gasteiger charge is -2.29. The number of carbonyl (C=O) groups is 5. The van der Waals surface area contributed by atoms with Gasteiger partial charge in [-0.3, -0.25) is 24.0 Å². The van der Waals surface area contributed by atoms with Crippen LogP contribution in [0.5, 0.6) is 0 Å². The third kappa shape index (κ3) is 11.2. The topological polar surface area (TPSA) is 203 Å². The molecule has 1 fully saturated rings. The number of nitrogens with two attached hydrogens (primary N) is 1. The fourth-order valence-corrected chi connectivity index (χ4v) is 7.42. The molecule has 0 radical (unpaired) electrons. The van der Waals surface area contributed by atoms with Gasteiger partial charge in [-0.2, -0.15) is 0 Å². The Morgan fingerprint density at radius 2 is 1.50 bits per heavy atom. The molecule has 306 valence electrons. The van der Waals surface area contributed by atoms with Gasteiger partial charge < -0.3 is 41.9 Å². The van der Waals surface area contributed by atoms with Crippen LogP contribution >= 0.6 is 0 Å². The normalized spacial score (nSPS) is 15.4. The lowest BCUT2D eigenvalue weighted by atomic mass is 9.75. The standard InChI is InChI=1S/C44H55BN6O7/c1-26(2)22-39(45(57)58)50-42(54)37(25-33-12-8-11-30-10-6-7-13-34(30)33)49-43(55)38-14-9-21-51(38)44(56)29(5)47-40(52)19-20-41(53)48-36-18-16-32(24-28(36)4)31-15-17-35(46)27(3)23-31/h6-8,10-13,15-18,23-24,26,29,37-39,57-58H,9,14,19-22,25,46H2,1-5H3,(H,47,52)(H,48,53)(H,49,55)(H,50,54)/t29-,37+,38+,39+/m1/s1. The molecule has 4 aromatic carbocycles. The number of anilines is 2. The van der Waals surface area contributed by atoms with Crippen molar-refractivity contribution in [3.8, 4) is 11.1 Å². The smallest absolute Gasteiger partial charge is 0.426 e. The first kappa shape index (κ1) is 43.4. The Balaban J connectivity index is 1.18. The van der Waals surface area contributed by atoms with Crippen molar-refractivity contribution in [3.63, 3.8) is 0 Å². The number of nitrogens with one attached hydrogen (secondary N) is 4. The molecule has 0 unspecified atom stereocenters. The van der Waals surface area contributed by atoms with Gasteiger partial charge in [-0.05, 0) is 109 Å². The van der Waals surface area contributed by atoms with Crippen LogP contribution in [0.1, 0.15) is 69.6 Å². The molecule has 5 rings (SSSR count). The minimum absolute atomic E-state index is 0.0507. The number of hydrogen-bond donors (Lipinski definition) is 7. The van der Waals surface area contributed by atoms with Gasteiger partial charge >= 0.3 is 7.12 Å². The van der Waals surface area contributed by atoms with Crippen molar-refractivity contribution >= 4 is 58.8 Å². The van der Waals surface area contributed by atoms with Gasteiger partial charge in [0.05, 0.1) is 5.94 Å². The van der Waals surface area contributed by atoms with E-state index in [1.807, 2.05) is 107 Å². The van der Waals surface area contributed by atoms with Gasteiger partial charge in [0.2, 0.25) is 29.5 Å². The van der Waals surface area contributed by atoms with Crippen LogP contribution in [0.25, 0.3) is 21.9 Å². The van der Waals surface area contributed by atoms with Crippen molar-refractivity contribution in [1.29, 1.82) is 0 Å². The zero-order valence-corrected chi connectivity index (χ0v) is 33.9. The number of likely N-dealkylation sites (tertiary alicyclic amines) is 1. The molecular formula is C44H55BN6O7. The predicted molar refractivity (Wildman–Crippen MR) is 227 cm³/mol. The minimum Gasteiger partial charge on any atom is -0.426 e. The summed E-state index contributed by atoms with van der Waals surface area (Å²) in [6.07, 6.45) is 1.05. The van der Waals surface area contributed by atoms with E-state index < -0.39 is 54.8 Å². The van der Waals surface area contributed by atoms with Crippen LogP contribution in [0.4, 0.5) is 11.4 Å². The van der Waals surface area contributed by atoms with E-state index in [1.54, 1.807) is 0 Å². The number of aryl methyl sites for hydroxylation is 2. The molecule has 1 aliphatic heterocycles. The van der Waals surface area contributed by atoms with Gasteiger partial charge in [-0.25, -0.2) is 0 Å². The average molecular weight is 791 g/mol. The minimum atomic E-state index is -1.80. The second-order valence-electron chi connectivity index (χ2n) is 15.7. The summed E-state index contributed by atoms with van der Waals surface area (Å²) in [5, 5.41) is 33.0. The van der Waals surface area contributed by atoms with Crippen molar-refractivity contribution in [3.05, 3.63) is 95.6 Å². The summed E-state index contributed by atoms with van der Waals surface area (Å²) in [6.45, 7) is 9.45. The molecule has 4 aromatic rings. The Kier molecular flexibility index (Phi) is 14.7. The second-order valence-corrected chi connectivity index (χ2v) is 15.7. The highest BCUT2D eigenvalue weighted by Crippen LogP contribution is 2.28. The first-order chi connectivity index (χ1) is 27.6. The molecule has 5 amide bonds. The van der Waals surface area contributed by atoms with Crippen LogP contribution in [0, 0.1) is 19.8 Å². The first-order valence-corrected chi connectivity index (χ1v) is 19.9. The zero-order valence-electron chi connectivity index (χ0n) is 33.9. The third-order valence-corrected chi connectivity index (χ3v) is 10.6. The average Bonchev–Trinajstić information content (AvgIpc) is 3.68. The maximum atomic E-state index is 13.9. The third-order valence-electron chi connectivity index (χ3n) is 10.6. The summed E-state index contributed by atoms with van der Waals surface area (Å²) in [7, 11) is -1.80. The molecule has 0 spiro atoms. The highest BCUT2D eigenvalue weighted by molar-refractivity contribution is 6.43. The van der Waals surface area contributed by atoms with E-state index in [0.29, 0.717) is 30.6 Å². The predicted octanol–water partition coefficient (Wildman–Crippen LogP) is 4.19. The highest BCUT2D eigenvalue weighted by atomic mass is 16.4. The molecule has 8 N–H and O–H groups in total. The largest absolute Gasteiger partial charge is 0.475 e. The Morgan fingerprint density at radius 1 is 0.828 bits per heavy atom. The summed E-state index contributed by atoms with van der Waals surface area (Å²) >= 11 is 0. The van der Waals surface area contributed by atoms with Crippen LogP contribution in [-0.4, -0.2) is 82.2 Å². The molecule has 13 nitrogen and oxygen atoms in total. The number of fused-ring (bicyclic) bond motifs is 1. The Bertz CT molecular complexity index is 2140. The van der Waals surface area contributed by atoms with E-state index in [1.165, 1.54) is 11.8 Å². The Hall–Kier alpha value is -5.73. The van der Waals surface area contributed by atoms with E-state index in [4.69, 9.17) is 5.73 Å². The van der Waals surface area contributed by atoms with Crippen molar-refractivity contribution in [2.75, 3.05) is 17.6 Å². The van der Waals surface area contributed by atoms with Crippen LogP contribution < -0.4 is 27.0 Å². The molecule has 58 heavy (non-hydrogen) atoms. The van der Waals surface area contributed by atoms with Gasteiger partial charge in [0, 0.05) is 37.2 Å². The van der Waals surface area contributed by atoms with Gasteiger partial charge in [-0.15, -0.1) is 0 Å². The first-order valence-electron chi connectivity index (χ1n) is 19.9. The lowest BCUT2D eigenvalue weighted by Crippen LogP contribution is -2.58. The fraction of sp³-hybridized carbons (Fsp3) is 0.386. The van der Waals surface area contributed by atoms with Gasteiger partial charge in [-0.1, -0.05) is 68.4 Å². The molecular weight excluding hydrogens is 735 g/mol. The molecule has 0 aliphatic carbocycles. The summed E-state index contributed by atoms with van der Waals surface area (Å²) in [4.78, 5) is 68.5. The van der Waals surface area contributed by atoms with E-state index in [2.05, 4.69) is 21.3 Å². The van der Waals surface area contributed by atoms with Crippen LogP contribution in [0.2, 0.25) is 0 Å². The van der Waals surface area contributed by atoms with Crippen molar-refractivity contribution in [2.45, 2.75) is 97.2 Å². The van der Waals surface area contributed by atoms with E-state index in [9.17, 15) is 34.0 Å². The summed E-state index contributed by atoms with van der Waals surface area (Å²) < 4.78 is 0. The molecule has 4 atom stereocenters. The van der Waals surface area contributed by atoms with Gasteiger partial charge in [0.1, 0.15) is 18.1 Å². The Labute approximate surface area is 340 Å². The van der Waals surface area contributed by atoms with E-state index in [-0.39, 0.29) is 37.6 Å². The van der Waals surface area contributed by atoms with Crippen LogP contribution in [0.15, 0.2) is 78.9 Å². The molecule has 0 saturated carbocycles. The van der Waals surface area contributed by atoms with Crippen molar-refractivity contribution < 1.29 is 34.0 Å². The maximum absolute atomic E-state index is 13.9. The number of carbonyl (C=O) groups excluding carboxylic acids is 5. The summed E-state index contributed by atoms with van der Waals surface area (Å²) in [5.41, 5.74) is 11.9. The van der Waals surface area contributed by atoms with Gasteiger partial charge in [0.15, 0.2) is 0 Å². The zero-order chi connectivity index (χ0) is 42.1. The highest BCUT2D eigenvalue weighted by Gasteiger charge is 2.38. The molecule has 0 bridgehead atoms. The van der Waals surface area contributed by atoms with Crippen molar-refractivity contribution in [1.82, 2.24) is 20.9 Å². The summed E-state index contributed by atoms with van der Waals surface area (Å²) in [6, 6.07) is 21.9. The SMILES string of the molecule is Cc1cc(-c2ccc(NC(=O)CCC(=O)N[C@H](C)C(=O)N3CCC[C@H]3C(=O)N[C@@H](Cc3cccc4ccccc34)C(=O)N[C@@H](CC(C)C)B(O)O)c(C)c2)ccc1N. The van der Waals surface area contributed by atoms with Gasteiger partial charge in [0.25, 0.3) is 0 Å². The number of benzene rings is 4. The van der Waals surface area contributed by atoms with Crippen molar-refractivity contribution in [2.24, 2.45) is 5.92 Å². The Morgan fingerprint density at radius 3 is 2.19 bits per heavy atom. The second kappa shape index (κ2) is 19.6. The number of amides is 5. The molecule has 0 aromatic heterocycles. The van der Waals surface area contributed by atoms with Crippen LogP contribution in [0.3, 0.4) is 0 Å². The van der Waals surface area contributed by atoms with E-state index >= 15 is 0 Å².